The van der Waals surface area contributed by atoms with Crippen molar-refractivity contribution >= 4 is 28.4 Å². The number of nitrogens with one attached hydrogen (secondary N) is 1. The van der Waals surface area contributed by atoms with E-state index in [-0.39, 0.29) is 11.8 Å². The van der Waals surface area contributed by atoms with Crippen molar-refractivity contribution in [2.24, 2.45) is 5.73 Å². The van der Waals surface area contributed by atoms with Crippen LogP contribution in [-0.4, -0.2) is 40.3 Å². The van der Waals surface area contributed by atoms with E-state index in [0.717, 1.165) is 34.7 Å². The highest BCUT2D eigenvalue weighted by Crippen LogP contribution is 2.21. The van der Waals surface area contributed by atoms with Gasteiger partial charge in [-0.05, 0) is 54.3 Å². The van der Waals surface area contributed by atoms with E-state index < -0.39 is 12.1 Å². The standard InChI is InChI=1S/C25H29N5O2/c26-21(11-9-17-5-2-1-3-6-17)25(32)30-14-4-7-22(30)24(31)29-16-18-8-10-20-19(15-18)12-13-28-23(20)27/h1-3,5-6,8,10,12-13,15,21-22H,4,7,9,11,14,16,26H2,(H2,27,28)(H,29,31)/t21-,22+/m1/s1. The van der Waals surface area contributed by atoms with Crippen molar-refractivity contribution in [3.8, 4) is 0 Å². The molecule has 0 radical (unpaired) electrons. The van der Waals surface area contributed by atoms with Crippen LogP contribution in [0.3, 0.4) is 0 Å². The molecule has 7 nitrogen and oxygen atoms in total. The summed E-state index contributed by atoms with van der Waals surface area (Å²) in [7, 11) is 0. The summed E-state index contributed by atoms with van der Waals surface area (Å²) in [6, 6.07) is 16.6. The number of nitrogens with zero attached hydrogens (tertiary/aromatic N) is 2. The normalized spacial score (nSPS) is 16.8. The second kappa shape index (κ2) is 9.78. The van der Waals surface area contributed by atoms with Crippen molar-refractivity contribution in [2.45, 2.75) is 44.3 Å². The van der Waals surface area contributed by atoms with Gasteiger partial charge in [0.2, 0.25) is 11.8 Å². The van der Waals surface area contributed by atoms with Gasteiger partial charge in [-0.25, -0.2) is 4.98 Å². The van der Waals surface area contributed by atoms with Crippen molar-refractivity contribution in [1.82, 2.24) is 15.2 Å². The Bertz CT molecular complexity index is 1100. The van der Waals surface area contributed by atoms with Gasteiger partial charge in [0.25, 0.3) is 0 Å². The van der Waals surface area contributed by atoms with E-state index in [4.69, 9.17) is 11.5 Å². The fourth-order valence-electron chi connectivity index (χ4n) is 4.27. The maximum absolute atomic E-state index is 12.9. The topological polar surface area (TPSA) is 114 Å². The Kier molecular flexibility index (Phi) is 6.66. The van der Waals surface area contributed by atoms with Crippen LogP contribution in [0.2, 0.25) is 0 Å². The molecule has 3 aromatic rings. The van der Waals surface area contributed by atoms with Crippen LogP contribution in [0.4, 0.5) is 5.82 Å². The van der Waals surface area contributed by atoms with E-state index in [1.165, 1.54) is 0 Å². The molecule has 32 heavy (non-hydrogen) atoms. The van der Waals surface area contributed by atoms with Crippen LogP contribution < -0.4 is 16.8 Å². The fourth-order valence-corrected chi connectivity index (χ4v) is 4.27. The molecule has 2 amide bonds. The predicted molar refractivity (Wildman–Crippen MR) is 125 cm³/mol. The monoisotopic (exact) mass is 431 g/mol. The number of fused-ring (bicyclic) bond motifs is 1. The quantitative estimate of drug-likeness (QED) is 0.531. The lowest BCUT2D eigenvalue weighted by molar-refractivity contribution is -0.139. The first-order valence-electron chi connectivity index (χ1n) is 11.0. The maximum Gasteiger partial charge on any atom is 0.243 e. The van der Waals surface area contributed by atoms with E-state index in [1.807, 2.05) is 54.6 Å². The molecule has 1 aliphatic heterocycles. The molecule has 1 saturated heterocycles. The second-order valence-electron chi connectivity index (χ2n) is 8.29. The highest BCUT2D eigenvalue weighted by atomic mass is 16.2. The number of nitrogens with two attached hydrogens (primary N) is 2. The summed E-state index contributed by atoms with van der Waals surface area (Å²) in [4.78, 5) is 31.6. The molecule has 4 rings (SSSR count). The van der Waals surface area contributed by atoms with E-state index >= 15 is 0 Å². The van der Waals surface area contributed by atoms with Crippen LogP contribution in [-0.2, 0) is 22.6 Å². The average molecular weight is 432 g/mol. The fraction of sp³-hybridized carbons (Fsp3) is 0.320. The maximum atomic E-state index is 12.9. The molecule has 1 aromatic heterocycles. The minimum Gasteiger partial charge on any atom is -0.383 e. The Morgan fingerprint density at radius 1 is 1.12 bits per heavy atom. The van der Waals surface area contributed by atoms with Gasteiger partial charge in [-0.15, -0.1) is 0 Å². The summed E-state index contributed by atoms with van der Waals surface area (Å²) in [5.41, 5.74) is 14.2. The average Bonchev–Trinajstić information content (AvgIpc) is 3.31. The Balaban J connectivity index is 1.34. The number of carbonyl (C=O) groups excluding carboxylic acids is 2. The zero-order chi connectivity index (χ0) is 22.5. The molecule has 5 N–H and O–H groups in total. The first-order valence-corrected chi connectivity index (χ1v) is 11.0. The summed E-state index contributed by atoms with van der Waals surface area (Å²) in [6.07, 6.45) is 4.42. The van der Waals surface area contributed by atoms with Crippen LogP contribution in [0.25, 0.3) is 10.8 Å². The lowest BCUT2D eigenvalue weighted by atomic mass is 10.0. The predicted octanol–water partition coefficient (Wildman–Crippen LogP) is 2.38. The second-order valence-corrected chi connectivity index (χ2v) is 8.29. The van der Waals surface area contributed by atoms with Crippen LogP contribution in [0.15, 0.2) is 60.8 Å². The third kappa shape index (κ3) is 4.89. The number of pyridine rings is 1. The smallest absolute Gasteiger partial charge is 0.243 e. The highest BCUT2D eigenvalue weighted by Gasteiger charge is 2.35. The van der Waals surface area contributed by atoms with E-state index in [9.17, 15) is 9.59 Å². The molecule has 2 heterocycles. The van der Waals surface area contributed by atoms with Crippen molar-refractivity contribution in [2.75, 3.05) is 12.3 Å². The molecule has 1 fully saturated rings. The highest BCUT2D eigenvalue weighted by molar-refractivity contribution is 5.92. The van der Waals surface area contributed by atoms with Gasteiger partial charge in [0.05, 0.1) is 6.04 Å². The number of anilines is 1. The number of nitrogen functional groups attached to an aromatic ring is 1. The van der Waals surface area contributed by atoms with Gasteiger partial charge in [-0.3, -0.25) is 9.59 Å². The SMILES string of the molecule is Nc1nccc2cc(CNC(=O)[C@@H]3CCCN3C(=O)[C@H](N)CCc3ccccc3)ccc12. The zero-order valence-electron chi connectivity index (χ0n) is 18.0. The minimum absolute atomic E-state index is 0.138. The van der Waals surface area contributed by atoms with Gasteiger partial charge < -0.3 is 21.7 Å². The lowest BCUT2D eigenvalue weighted by Gasteiger charge is -2.26. The first kappa shape index (κ1) is 21.8. The molecule has 0 bridgehead atoms. The Labute approximate surface area is 187 Å². The Morgan fingerprint density at radius 2 is 1.94 bits per heavy atom. The molecule has 1 aliphatic rings. The summed E-state index contributed by atoms with van der Waals surface area (Å²) >= 11 is 0. The summed E-state index contributed by atoms with van der Waals surface area (Å²) in [5.74, 6) is 0.203. The molecule has 166 valence electrons. The number of amides is 2. The van der Waals surface area contributed by atoms with E-state index in [2.05, 4.69) is 10.3 Å². The van der Waals surface area contributed by atoms with Gasteiger partial charge in [0, 0.05) is 24.7 Å². The third-order valence-electron chi connectivity index (χ3n) is 6.07. The van der Waals surface area contributed by atoms with Crippen molar-refractivity contribution in [3.63, 3.8) is 0 Å². The number of likely N-dealkylation sites (tertiary alicyclic amines) is 1. The Morgan fingerprint density at radius 3 is 2.75 bits per heavy atom. The zero-order valence-corrected chi connectivity index (χ0v) is 18.0. The van der Waals surface area contributed by atoms with Crippen LogP contribution in [0, 0.1) is 0 Å². The van der Waals surface area contributed by atoms with E-state index in [0.29, 0.717) is 31.7 Å². The summed E-state index contributed by atoms with van der Waals surface area (Å²) in [6.45, 7) is 0.952. The lowest BCUT2D eigenvalue weighted by Crippen LogP contribution is -2.51. The largest absolute Gasteiger partial charge is 0.383 e. The van der Waals surface area contributed by atoms with Crippen molar-refractivity contribution in [3.05, 3.63) is 71.9 Å². The molecular weight excluding hydrogens is 402 g/mol. The number of aromatic nitrogens is 1. The summed E-state index contributed by atoms with van der Waals surface area (Å²) in [5, 5.41) is 4.85. The number of carbonyl (C=O) groups is 2. The van der Waals surface area contributed by atoms with Gasteiger partial charge in [-0.1, -0.05) is 42.5 Å². The first-order chi connectivity index (χ1) is 15.5. The number of rotatable bonds is 7. The molecular formula is C25H29N5O2. The Hall–Kier alpha value is -3.45. The minimum atomic E-state index is -0.608. The molecule has 0 aliphatic carbocycles. The van der Waals surface area contributed by atoms with Crippen LogP contribution in [0.5, 0.6) is 0 Å². The van der Waals surface area contributed by atoms with Crippen molar-refractivity contribution < 1.29 is 9.59 Å². The van der Waals surface area contributed by atoms with Gasteiger partial charge >= 0.3 is 0 Å². The number of benzene rings is 2. The molecule has 7 heteroatoms. The number of hydrogen-bond donors (Lipinski definition) is 3. The molecule has 0 spiro atoms. The van der Waals surface area contributed by atoms with Gasteiger partial charge in [0.1, 0.15) is 11.9 Å². The van der Waals surface area contributed by atoms with Crippen LogP contribution in [0.1, 0.15) is 30.4 Å². The molecule has 0 unspecified atom stereocenters. The number of hydrogen-bond acceptors (Lipinski definition) is 5. The number of aryl methyl sites for hydroxylation is 1. The van der Waals surface area contributed by atoms with Crippen LogP contribution >= 0.6 is 0 Å². The molecule has 2 aromatic carbocycles. The van der Waals surface area contributed by atoms with E-state index in [1.54, 1.807) is 11.1 Å². The molecule has 0 saturated carbocycles. The van der Waals surface area contributed by atoms with Crippen molar-refractivity contribution in [1.29, 1.82) is 0 Å². The van der Waals surface area contributed by atoms with Gasteiger partial charge in [0.15, 0.2) is 0 Å². The van der Waals surface area contributed by atoms with Gasteiger partial charge in [-0.2, -0.15) is 0 Å². The third-order valence-corrected chi connectivity index (χ3v) is 6.07. The molecule has 2 atom stereocenters. The summed E-state index contributed by atoms with van der Waals surface area (Å²) < 4.78 is 0.